The molecule has 0 aliphatic carbocycles. The molecule has 2 aromatic carbocycles. The predicted molar refractivity (Wildman–Crippen MR) is 114 cm³/mol. The Morgan fingerprint density at radius 1 is 1.00 bits per heavy atom. The summed E-state index contributed by atoms with van der Waals surface area (Å²) in [5, 5.41) is 2.97. The zero-order valence-electron chi connectivity index (χ0n) is 18.0. The zero-order valence-corrected chi connectivity index (χ0v) is 18.0. The van der Waals surface area contributed by atoms with Gasteiger partial charge in [0.15, 0.2) is 6.10 Å². The van der Waals surface area contributed by atoms with Crippen LogP contribution < -0.4 is 14.8 Å². The quantitative estimate of drug-likeness (QED) is 0.626. The van der Waals surface area contributed by atoms with Crippen LogP contribution in [0.3, 0.4) is 0 Å². The molecule has 0 saturated carbocycles. The van der Waals surface area contributed by atoms with Gasteiger partial charge < -0.3 is 14.8 Å². The average Bonchev–Trinajstić information content (AvgIpc) is 2.63. The number of carbonyl (C=O) groups is 1. The van der Waals surface area contributed by atoms with Crippen LogP contribution in [-0.2, 0) is 11.2 Å². The van der Waals surface area contributed by atoms with Crippen LogP contribution in [0.15, 0.2) is 36.4 Å². The van der Waals surface area contributed by atoms with Gasteiger partial charge in [-0.25, -0.2) is 0 Å². The molecule has 1 unspecified atom stereocenters. The second-order valence-electron chi connectivity index (χ2n) is 7.67. The number of hydrogen-bond donors (Lipinski definition) is 1. The lowest BCUT2D eigenvalue weighted by atomic mass is 10.1. The van der Waals surface area contributed by atoms with Gasteiger partial charge in [-0.3, -0.25) is 4.79 Å². The molecule has 4 heteroatoms. The molecule has 0 heterocycles. The normalized spacial score (nSPS) is 12.0. The van der Waals surface area contributed by atoms with Crippen molar-refractivity contribution in [2.24, 2.45) is 0 Å². The molecule has 4 nitrogen and oxygen atoms in total. The summed E-state index contributed by atoms with van der Waals surface area (Å²) in [7, 11) is 0. The van der Waals surface area contributed by atoms with Gasteiger partial charge in [0.1, 0.15) is 11.5 Å². The molecule has 0 fully saturated rings. The standard InChI is InChI=1S/C24H33NO3/c1-16(2)27-22-11-9-21(10-12-22)8-7-13-25-24(26)20(6)28-23-15-17(3)14-18(4)19(23)5/h9-12,14-16,20H,7-8,13H2,1-6H3,(H,25,26). The molecule has 1 atom stereocenters. The van der Waals surface area contributed by atoms with Crippen molar-refractivity contribution in [3.8, 4) is 11.5 Å². The minimum absolute atomic E-state index is 0.0840. The van der Waals surface area contributed by atoms with Gasteiger partial charge in [0.2, 0.25) is 0 Å². The lowest BCUT2D eigenvalue weighted by Gasteiger charge is -2.18. The van der Waals surface area contributed by atoms with Crippen molar-refractivity contribution in [2.75, 3.05) is 6.54 Å². The van der Waals surface area contributed by atoms with Crippen LogP contribution in [-0.4, -0.2) is 24.7 Å². The third-order valence-electron chi connectivity index (χ3n) is 4.67. The van der Waals surface area contributed by atoms with Gasteiger partial charge in [0, 0.05) is 6.54 Å². The lowest BCUT2D eigenvalue weighted by Crippen LogP contribution is -2.37. The highest BCUT2D eigenvalue weighted by Crippen LogP contribution is 2.24. The summed E-state index contributed by atoms with van der Waals surface area (Å²) in [5.41, 5.74) is 4.62. The molecule has 0 aliphatic heterocycles. The Labute approximate surface area is 169 Å². The van der Waals surface area contributed by atoms with E-state index in [1.165, 1.54) is 11.1 Å². The predicted octanol–water partition coefficient (Wildman–Crippen LogP) is 4.92. The number of benzene rings is 2. The molecule has 2 rings (SSSR count). The average molecular weight is 384 g/mol. The number of hydrogen-bond acceptors (Lipinski definition) is 3. The summed E-state index contributed by atoms with van der Waals surface area (Å²) in [6.07, 6.45) is 1.45. The van der Waals surface area contributed by atoms with Crippen molar-refractivity contribution < 1.29 is 14.3 Å². The van der Waals surface area contributed by atoms with Crippen LogP contribution in [0.4, 0.5) is 0 Å². The fraction of sp³-hybridized carbons (Fsp3) is 0.458. The first-order valence-corrected chi connectivity index (χ1v) is 10.0. The monoisotopic (exact) mass is 383 g/mol. The fourth-order valence-corrected chi connectivity index (χ4v) is 3.02. The van der Waals surface area contributed by atoms with Crippen LogP contribution in [0.5, 0.6) is 11.5 Å². The summed E-state index contributed by atoms with van der Waals surface area (Å²) < 4.78 is 11.6. The van der Waals surface area contributed by atoms with Gasteiger partial charge in [0.05, 0.1) is 6.10 Å². The van der Waals surface area contributed by atoms with E-state index in [0.717, 1.165) is 35.5 Å². The molecular weight excluding hydrogens is 350 g/mol. The van der Waals surface area contributed by atoms with Gasteiger partial charge in [-0.05, 0) is 94.8 Å². The first-order valence-electron chi connectivity index (χ1n) is 10.0. The Kier molecular flexibility index (Phi) is 7.91. The second-order valence-corrected chi connectivity index (χ2v) is 7.67. The van der Waals surface area contributed by atoms with Crippen LogP contribution in [0.2, 0.25) is 0 Å². The third kappa shape index (κ3) is 6.59. The first kappa shape index (κ1) is 21.8. The molecule has 152 valence electrons. The maximum Gasteiger partial charge on any atom is 0.260 e. The van der Waals surface area contributed by atoms with E-state index in [2.05, 4.69) is 30.4 Å². The van der Waals surface area contributed by atoms with E-state index >= 15 is 0 Å². The number of carbonyl (C=O) groups excluding carboxylic acids is 1. The number of nitrogens with one attached hydrogen (secondary N) is 1. The van der Waals surface area contributed by atoms with Gasteiger partial charge >= 0.3 is 0 Å². The van der Waals surface area contributed by atoms with Crippen molar-refractivity contribution in [2.45, 2.75) is 66.6 Å². The van der Waals surface area contributed by atoms with Gasteiger partial charge in [-0.1, -0.05) is 18.2 Å². The molecule has 0 aromatic heterocycles. The van der Waals surface area contributed by atoms with Crippen molar-refractivity contribution in [1.29, 1.82) is 0 Å². The smallest absolute Gasteiger partial charge is 0.260 e. The Morgan fingerprint density at radius 2 is 1.68 bits per heavy atom. The van der Waals surface area contributed by atoms with Gasteiger partial charge in [0.25, 0.3) is 5.91 Å². The summed E-state index contributed by atoms with van der Waals surface area (Å²) in [6.45, 7) is 12.6. The Balaban J connectivity index is 1.76. The molecule has 1 N–H and O–H groups in total. The van der Waals surface area contributed by atoms with E-state index in [4.69, 9.17) is 9.47 Å². The molecule has 0 saturated heterocycles. The highest BCUT2D eigenvalue weighted by Gasteiger charge is 2.16. The number of aryl methyl sites for hydroxylation is 3. The zero-order chi connectivity index (χ0) is 20.7. The van der Waals surface area contributed by atoms with Gasteiger partial charge in [-0.2, -0.15) is 0 Å². The van der Waals surface area contributed by atoms with Crippen LogP contribution in [0, 0.1) is 20.8 Å². The fourth-order valence-electron chi connectivity index (χ4n) is 3.02. The van der Waals surface area contributed by atoms with E-state index in [1.807, 2.05) is 45.9 Å². The van der Waals surface area contributed by atoms with Crippen molar-refractivity contribution in [3.05, 3.63) is 58.7 Å². The molecule has 0 radical (unpaired) electrons. The van der Waals surface area contributed by atoms with E-state index in [-0.39, 0.29) is 12.0 Å². The SMILES string of the molecule is Cc1cc(C)c(C)c(OC(C)C(=O)NCCCc2ccc(OC(C)C)cc2)c1. The Hall–Kier alpha value is -2.49. The number of amides is 1. The van der Waals surface area contributed by atoms with E-state index in [0.29, 0.717) is 6.54 Å². The van der Waals surface area contributed by atoms with Crippen LogP contribution in [0.25, 0.3) is 0 Å². The van der Waals surface area contributed by atoms with Crippen molar-refractivity contribution >= 4 is 5.91 Å². The third-order valence-corrected chi connectivity index (χ3v) is 4.67. The summed E-state index contributed by atoms with van der Waals surface area (Å²) in [4.78, 5) is 12.3. The Bertz CT molecular complexity index is 781. The first-order chi connectivity index (χ1) is 13.3. The molecule has 1 amide bonds. The minimum Gasteiger partial charge on any atom is -0.491 e. The number of rotatable bonds is 9. The van der Waals surface area contributed by atoms with E-state index < -0.39 is 6.10 Å². The molecule has 0 bridgehead atoms. The minimum atomic E-state index is -0.521. The van der Waals surface area contributed by atoms with Crippen molar-refractivity contribution in [1.82, 2.24) is 5.32 Å². The highest BCUT2D eigenvalue weighted by atomic mass is 16.5. The van der Waals surface area contributed by atoms with E-state index in [1.54, 1.807) is 6.92 Å². The second kappa shape index (κ2) is 10.2. The van der Waals surface area contributed by atoms with E-state index in [9.17, 15) is 4.79 Å². The van der Waals surface area contributed by atoms with Crippen LogP contribution >= 0.6 is 0 Å². The molecule has 0 spiro atoms. The van der Waals surface area contributed by atoms with Crippen molar-refractivity contribution in [3.63, 3.8) is 0 Å². The topological polar surface area (TPSA) is 47.6 Å². The molecule has 0 aliphatic rings. The number of ether oxygens (including phenoxy) is 2. The largest absolute Gasteiger partial charge is 0.491 e. The Morgan fingerprint density at radius 3 is 2.32 bits per heavy atom. The molecular formula is C24H33NO3. The summed E-state index contributed by atoms with van der Waals surface area (Å²) in [5.74, 6) is 1.59. The summed E-state index contributed by atoms with van der Waals surface area (Å²) >= 11 is 0. The van der Waals surface area contributed by atoms with Crippen LogP contribution in [0.1, 0.15) is 49.4 Å². The maximum absolute atomic E-state index is 12.3. The highest BCUT2D eigenvalue weighted by molar-refractivity contribution is 5.80. The maximum atomic E-state index is 12.3. The van der Waals surface area contributed by atoms with Gasteiger partial charge in [-0.15, -0.1) is 0 Å². The molecule has 28 heavy (non-hydrogen) atoms. The summed E-state index contributed by atoms with van der Waals surface area (Å²) in [6, 6.07) is 12.3. The molecule has 2 aromatic rings. The lowest BCUT2D eigenvalue weighted by molar-refractivity contribution is -0.127.